The topological polar surface area (TPSA) is 57.4 Å². The van der Waals surface area contributed by atoms with Gasteiger partial charge in [-0.3, -0.25) is 0 Å². The van der Waals surface area contributed by atoms with Gasteiger partial charge in [0.25, 0.3) is 0 Å². The number of nitrogens with zero attached hydrogens (tertiary/aromatic N) is 2. The van der Waals surface area contributed by atoms with Crippen LogP contribution in [0, 0.1) is 0 Å². The average molecular weight is 1510 g/mol. The minimum Gasteiger partial charge on any atom is -0.354 e. The second-order valence-electron chi connectivity index (χ2n) is 38.3. The quantitative estimate of drug-likeness (QED) is 0.156. The number of H-pyrrole nitrogens is 2. The van der Waals surface area contributed by atoms with Crippen LogP contribution < -0.4 is 0 Å². The van der Waals surface area contributed by atoms with Gasteiger partial charge in [0, 0.05) is 80.6 Å². The van der Waals surface area contributed by atoms with Crippen LogP contribution in [0.4, 0.5) is 0 Å². The molecule has 2 N–H and O–H groups in total. The van der Waals surface area contributed by atoms with Gasteiger partial charge in [0.1, 0.15) is 0 Å². The minimum absolute atomic E-state index is 0.243. The second kappa shape index (κ2) is 14.4. The van der Waals surface area contributed by atoms with Crippen LogP contribution in [-0.4, -0.2) is 19.9 Å². The Morgan fingerprint density at radius 3 is 0.664 bits per heavy atom. The summed E-state index contributed by atoms with van der Waals surface area (Å²) < 4.78 is 0. The maximum Gasteiger partial charge on any atom is 0.0737 e. The molecular formula is C113H34N4S2. The van der Waals surface area contributed by atoms with Crippen molar-refractivity contribution in [1.82, 2.24) is 19.9 Å². The summed E-state index contributed by atoms with van der Waals surface area (Å²) in [5.41, 5.74) is 23.9. The van der Waals surface area contributed by atoms with Gasteiger partial charge >= 0.3 is 0 Å². The molecule has 0 radical (unpaired) electrons. The Labute approximate surface area is 669 Å². The molecule has 4 nitrogen and oxygen atoms in total. The third kappa shape index (κ3) is 3.98. The summed E-state index contributed by atoms with van der Waals surface area (Å²) in [4.78, 5) is 24.8. The molecule has 5 aliphatic carbocycles. The molecule has 1 fully saturated rings. The van der Waals surface area contributed by atoms with E-state index in [2.05, 4.69) is 209 Å². The highest BCUT2D eigenvalue weighted by Crippen LogP contribution is 2.95. The third-order valence-electron chi connectivity index (χ3n) is 35.4. The Bertz CT molecular complexity index is 10800. The number of fused-ring (bicyclic) bond motifs is 8. The first-order valence-corrected chi connectivity index (χ1v) is 44.2. The normalized spacial score (nSPS) is 18.8. The van der Waals surface area contributed by atoms with Crippen molar-refractivity contribution < 1.29 is 0 Å². The van der Waals surface area contributed by atoms with Crippen molar-refractivity contribution in [3.8, 4) is 64.7 Å². The smallest absolute Gasteiger partial charge is 0.0737 e. The number of benzene rings is 22. The van der Waals surface area contributed by atoms with E-state index >= 15 is 0 Å². The molecule has 8 bridgehead atoms. The van der Waals surface area contributed by atoms with Crippen molar-refractivity contribution in [2.45, 2.75) is 16.7 Å². The van der Waals surface area contributed by atoms with Gasteiger partial charge in [0.15, 0.2) is 0 Å². The number of thiophene rings is 2. The minimum atomic E-state index is -0.263. The monoisotopic (exact) mass is 1510 g/mol. The molecular weight excluding hydrogens is 1480 g/mol. The van der Waals surface area contributed by atoms with Crippen LogP contribution in [-0.2, 0) is 10.8 Å². The molecule has 5 aromatic heterocycles. The van der Waals surface area contributed by atoms with Crippen molar-refractivity contribution in [3.05, 3.63) is 214 Å². The summed E-state index contributed by atoms with van der Waals surface area (Å²) in [7, 11) is 0. The zero-order valence-corrected chi connectivity index (χ0v) is 63.3. The maximum atomic E-state index is 5.70. The lowest BCUT2D eigenvalue weighted by atomic mass is 9.68. The van der Waals surface area contributed by atoms with Crippen molar-refractivity contribution in [3.63, 3.8) is 0 Å². The number of aromatic amines is 2. The highest BCUT2D eigenvalue weighted by atomic mass is 32.1. The number of nitrogens with one attached hydrogen (secondary N) is 2. The molecule has 1 saturated carbocycles. The molecule has 0 unspecified atom stereocenters. The number of hydrogen-bond acceptors (Lipinski definition) is 4. The van der Waals surface area contributed by atoms with Gasteiger partial charge in [-0.25, -0.2) is 9.97 Å². The Balaban J connectivity index is 0.546. The molecule has 119 heavy (non-hydrogen) atoms. The Hall–Kier alpha value is -14.7. The van der Waals surface area contributed by atoms with Gasteiger partial charge in [0.05, 0.1) is 22.8 Å². The molecule has 2 aliphatic heterocycles. The van der Waals surface area contributed by atoms with Crippen LogP contribution in [0.25, 0.3) is 402 Å². The molecule has 0 atom stereocenters. The van der Waals surface area contributed by atoms with Crippen molar-refractivity contribution >= 4 is 360 Å². The predicted octanol–water partition coefficient (Wildman–Crippen LogP) is 31.2. The molecule has 7 aliphatic rings. The highest BCUT2D eigenvalue weighted by molar-refractivity contribution is 7.24. The highest BCUT2D eigenvalue weighted by Gasteiger charge is 2.87. The van der Waals surface area contributed by atoms with Crippen LogP contribution >= 0.6 is 22.7 Å². The first-order chi connectivity index (χ1) is 59.2. The van der Waals surface area contributed by atoms with Crippen LogP contribution in [0.2, 0.25) is 0 Å². The second-order valence-corrected chi connectivity index (χ2v) is 40.5. The predicted molar refractivity (Wildman–Crippen MR) is 504 cm³/mol. The average Bonchev–Trinajstić information content (AvgIpc) is 1.36. The first-order valence-electron chi connectivity index (χ1n) is 42.6. The molecule has 0 amide bonds. The van der Waals surface area contributed by atoms with Crippen molar-refractivity contribution in [1.29, 1.82) is 0 Å². The lowest BCUT2D eigenvalue weighted by Gasteiger charge is -2.32. The Kier molecular flexibility index (Phi) is 6.29. The van der Waals surface area contributed by atoms with Crippen molar-refractivity contribution in [2.75, 3.05) is 0 Å². The molecule has 0 saturated heterocycles. The molecule has 44 rings (SSSR count). The summed E-state index contributed by atoms with van der Waals surface area (Å²) in [6, 6.07) is 60.6. The van der Waals surface area contributed by atoms with E-state index in [1.54, 1.807) is 318 Å². The summed E-state index contributed by atoms with van der Waals surface area (Å²) in [5.74, 6) is 0.243. The molecule has 7 heterocycles. The van der Waals surface area contributed by atoms with E-state index in [1.807, 2.05) is 11.3 Å². The fraction of sp³-hybridized carbons (Fsp3) is 0.0265. The standard InChI is InChI=1S/C113H34N4S2/c1-4-10-33(11-5-1)49-37-20-22-39(114-37)50(34-12-6-2-7-13-34)41-24-26-43(116-41)52(44-27-25-42(117-44)51(35-14-8-3-9-15-35)40-23-21-38(49)115-40)36-18-16-32(17-19-36)45-28-29-46(118-45)47-30-31-48(119-47)111-112-107-99-91-81-71-63-55-53-54-57-61-59(55)67-75-69(61)79-73-65(57)66-58(54)62-60-56(53)64(63)72-78-68(60)76-70(62)80-74(66)84-83(73)93-87(79)97-89(75)95(85(91)77(67)71)103(107)105(97)109-101(93)102-94(84)88(80)98-90(76)96-86(78)92(82(72)81)100(99)108(112)104(96)106(98)110(102)113(109,111)112/h1-31,111,114,117H. The number of hydrogen-bond donors (Lipinski definition) is 2. The van der Waals surface area contributed by atoms with Crippen LogP contribution in [0.15, 0.2) is 164 Å². The van der Waals surface area contributed by atoms with Crippen LogP contribution in [0.5, 0.6) is 0 Å². The zero-order chi connectivity index (χ0) is 73.4. The first kappa shape index (κ1) is 52.0. The number of rotatable bonds is 7. The Morgan fingerprint density at radius 1 is 0.193 bits per heavy atom. The fourth-order valence-corrected chi connectivity index (χ4v) is 35.5. The summed E-state index contributed by atoms with van der Waals surface area (Å²) in [6.45, 7) is 0. The largest absolute Gasteiger partial charge is 0.354 e. The number of aromatic nitrogens is 4. The third-order valence-corrected chi connectivity index (χ3v) is 37.9. The summed E-state index contributed by atoms with van der Waals surface area (Å²) in [5, 5.41) is 89.6. The zero-order valence-electron chi connectivity index (χ0n) is 61.7. The Morgan fingerprint density at radius 2 is 0.403 bits per heavy atom. The molecule has 37 aromatic rings. The van der Waals surface area contributed by atoms with E-state index in [0.717, 1.165) is 89.4 Å². The SMILES string of the molecule is C1=Cc2nc1c(-c1ccccc1)c1ccc([nH]1)c(-c1ccccc1)c1nc(c(-c3ccc(-c4ccc(-c5ccc(C6C78c9c%10c%11c%12c%13c%14c(c%15c%16c7c7c9c9c%17c%10c%10c%11c%11c%13c%13c%18c%14c%14c%15c%15c%16c%16c7c7c9c9c%17c%17c%10c%10c%11c%13c%11c%13c%18c%14c%14c%15c%15c%16c7c7c9c9c%17c%10c%11c%10c%13c%14c%15c7c9%10)C%1268)s5)s4)cc3)c3ccc([nH]3)c2-c2ccccc2)C=C1. The summed E-state index contributed by atoms with van der Waals surface area (Å²) >= 11 is 4.12. The van der Waals surface area contributed by atoms with E-state index < -0.39 is 0 Å². The van der Waals surface area contributed by atoms with Gasteiger partial charge in [0.2, 0.25) is 0 Å². The van der Waals surface area contributed by atoms with E-state index in [-0.39, 0.29) is 16.7 Å². The van der Waals surface area contributed by atoms with Gasteiger partial charge in [-0.1, -0.05) is 115 Å². The fourth-order valence-electron chi connectivity index (χ4n) is 33.1. The van der Waals surface area contributed by atoms with Crippen LogP contribution in [0.3, 0.4) is 0 Å². The van der Waals surface area contributed by atoms with E-state index in [1.165, 1.54) is 20.2 Å². The lowest BCUT2D eigenvalue weighted by molar-refractivity contribution is 0.731. The van der Waals surface area contributed by atoms with Gasteiger partial charge in [-0.15, -0.1) is 22.7 Å². The van der Waals surface area contributed by atoms with Gasteiger partial charge in [-0.05, 0) is 414 Å². The van der Waals surface area contributed by atoms with Crippen LogP contribution in [0.1, 0.15) is 55.8 Å². The molecule has 2 spiro atoms. The molecule has 32 aromatic carbocycles. The maximum absolute atomic E-state index is 5.70. The van der Waals surface area contributed by atoms with E-state index in [0.29, 0.717) is 0 Å². The summed E-state index contributed by atoms with van der Waals surface area (Å²) in [6.07, 6.45) is 8.81. The van der Waals surface area contributed by atoms with Crippen molar-refractivity contribution in [2.24, 2.45) is 0 Å². The van der Waals surface area contributed by atoms with E-state index in [9.17, 15) is 0 Å². The molecule has 6 heteroatoms. The van der Waals surface area contributed by atoms with E-state index in [4.69, 9.17) is 9.97 Å². The lowest BCUT2D eigenvalue weighted by Crippen LogP contribution is -2.27. The van der Waals surface area contributed by atoms with Gasteiger partial charge < -0.3 is 9.97 Å². The molecule has 518 valence electrons. The van der Waals surface area contributed by atoms with Gasteiger partial charge in [-0.2, -0.15) is 0 Å².